The maximum absolute atomic E-state index is 12.1. The number of hydrogen-bond acceptors (Lipinski definition) is 3. The molecule has 1 aromatic heterocycles. The highest BCUT2D eigenvalue weighted by Gasteiger charge is 2.16. The van der Waals surface area contributed by atoms with Crippen LogP contribution >= 0.6 is 11.6 Å². The molecule has 0 bridgehead atoms. The van der Waals surface area contributed by atoms with Crippen LogP contribution in [0, 0.1) is 5.92 Å². The molecule has 0 aliphatic heterocycles. The molecular formula is C17H21ClN4O2. The highest BCUT2D eigenvalue weighted by molar-refractivity contribution is 6.30. The molecule has 1 heterocycles. The van der Waals surface area contributed by atoms with E-state index < -0.39 is 0 Å². The van der Waals surface area contributed by atoms with E-state index in [0.29, 0.717) is 10.7 Å². The highest BCUT2D eigenvalue weighted by atomic mass is 35.5. The first-order valence-corrected chi connectivity index (χ1v) is 8.15. The van der Waals surface area contributed by atoms with Crippen molar-refractivity contribution >= 4 is 17.6 Å². The fourth-order valence-corrected chi connectivity index (χ4v) is 2.32. The first-order chi connectivity index (χ1) is 11.4. The van der Waals surface area contributed by atoms with Crippen molar-refractivity contribution in [3.63, 3.8) is 0 Å². The molecule has 24 heavy (non-hydrogen) atoms. The Bertz CT molecular complexity index is 708. The van der Waals surface area contributed by atoms with Crippen LogP contribution in [0.3, 0.4) is 0 Å². The number of urea groups is 1. The third kappa shape index (κ3) is 5.70. The molecule has 2 amide bonds. The molecule has 7 heteroatoms. The van der Waals surface area contributed by atoms with Crippen LogP contribution in [0.2, 0.25) is 5.02 Å². The number of hydrogen-bond donors (Lipinski definition) is 3. The van der Waals surface area contributed by atoms with Gasteiger partial charge in [0.25, 0.3) is 5.56 Å². The molecule has 2 rings (SSSR count). The number of rotatable bonds is 6. The Labute approximate surface area is 145 Å². The number of H-pyrrole nitrogens is 1. The van der Waals surface area contributed by atoms with Crippen LogP contribution in [0.4, 0.5) is 4.79 Å². The summed E-state index contributed by atoms with van der Waals surface area (Å²) in [5, 5.41) is 12.6. The Hall–Kier alpha value is -2.34. The Morgan fingerprint density at radius 1 is 1.21 bits per heavy atom. The van der Waals surface area contributed by atoms with Crippen molar-refractivity contribution in [2.75, 3.05) is 0 Å². The van der Waals surface area contributed by atoms with Gasteiger partial charge in [0.15, 0.2) is 0 Å². The van der Waals surface area contributed by atoms with Crippen LogP contribution in [-0.4, -0.2) is 22.3 Å². The molecule has 1 unspecified atom stereocenters. The van der Waals surface area contributed by atoms with Crippen molar-refractivity contribution in [1.29, 1.82) is 0 Å². The number of nitrogens with zero attached hydrogens (tertiary/aromatic N) is 1. The van der Waals surface area contributed by atoms with E-state index in [1.807, 2.05) is 24.3 Å². The maximum Gasteiger partial charge on any atom is 0.315 e. The molecule has 1 aromatic carbocycles. The fourth-order valence-electron chi connectivity index (χ4n) is 2.19. The second kappa shape index (κ2) is 8.49. The van der Waals surface area contributed by atoms with Gasteiger partial charge in [-0.3, -0.25) is 4.79 Å². The highest BCUT2D eigenvalue weighted by Crippen LogP contribution is 2.14. The minimum Gasteiger partial charge on any atom is -0.335 e. The van der Waals surface area contributed by atoms with Crippen LogP contribution in [0.15, 0.2) is 41.2 Å². The Balaban J connectivity index is 1.89. The predicted octanol–water partition coefficient (Wildman–Crippen LogP) is 2.49. The lowest BCUT2D eigenvalue weighted by Crippen LogP contribution is -2.45. The van der Waals surface area contributed by atoms with Gasteiger partial charge in [-0.05, 0) is 36.1 Å². The third-order valence-corrected chi connectivity index (χ3v) is 3.91. The summed E-state index contributed by atoms with van der Waals surface area (Å²) in [6.07, 6.45) is 0.721. The molecule has 1 atom stereocenters. The van der Waals surface area contributed by atoms with Crippen molar-refractivity contribution in [1.82, 2.24) is 20.8 Å². The fraction of sp³-hybridized carbons (Fsp3) is 0.353. The third-order valence-electron chi connectivity index (χ3n) is 3.66. The van der Waals surface area contributed by atoms with Crippen molar-refractivity contribution in [3.8, 4) is 0 Å². The van der Waals surface area contributed by atoms with E-state index in [1.165, 1.54) is 6.07 Å². The van der Waals surface area contributed by atoms with Gasteiger partial charge < -0.3 is 10.6 Å². The average Bonchev–Trinajstić information content (AvgIpc) is 2.55. The van der Waals surface area contributed by atoms with Crippen LogP contribution < -0.4 is 16.2 Å². The summed E-state index contributed by atoms with van der Waals surface area (Å²) in [7, 11) is 0. The molecule has 0 saturated carbocycles. The Morgan fingerprint density at radius 2 is 1.92 bits per heavy atom. The van der Waals surface area contributed by atoms with Gasteiger partial charge in [0.2, 0.25) is 0 Å². The van der Waals surface area contributed by atoms with Gasteiger partial charge in [0.05, 0.1) is 12.2 Å². The molecule has 6 nitrogen and oxygen atoms in total. The van der Waals surface area contributed by atoms with Gasteiger partial charge in [-0.1, -0.05) is 37.6 Å². The lowest BCUT2D eigenvalue weighted by molar-refractivity contribution is 0.232. The van der Waals surface area contributed by atoms with Gasteiger partial charge in [0, 0.05) is 17.1 Å². The van der Waals surface area contributed by atoms with Crippen LogP contribution in [0.5, 0.6) is 0 Å². The van der Waals surface area contributed by atoms with E-state index in [0.717, 1.165) is 12.0 Å². The normalized spacial score (nSPS) is 12.0. The number of benzene rings is 1. The van der Waals surface area contributed by atoms with Gasteiger partial charge in [-0.25, -0.2) is 9.89 Å². The van der Waals surface area contributed by atoms with Gasteiger partial charge in [0.1, 0.15) is 0 Å². The summed E-state index contributed by atoms with van der Waals surface area (Å²) >= 11 is 5.90. The van der Waals surface area contributed by atoms with Crippen molar-refractivity contribution in [2.24, 2.45) is 5.92 Å². The number of aromatic amines is 1. The Morgan fingerprint density at radius 3 is 2.50 bits per heavy atom. The van der Waals surface area contributed by atoms with E-state index in [9.17, 15) is 9.59 Å². The van der Waals surface area contributed by atoms with E-state index in [4.69, 9.17) is 11.6 Å². The summed E-state index contributed by atoms with van der Waals surface area (Å²) in [6.45, 7) is 4.36. The lowest BCUT2D eigenvalue weighted by atomic mass is 9.96. The standard InChI is InChI=1S/C17H21ClN4O2/c1-11(2)15(9-12-3-5-13(18)6-4-12)20-17(24)19-10-14-7-8-16(23)22-21-14/h3-8,11,15H,9-10H2,1-2H3,(H,22,23)(H2,19,20,24). The first kappa shape index (κ1) is 18.0. The van der Waals surface area contributed by atoms with Crippen molar-refractivity contribution in [2.45, 2.75) is 32.9 Å². The number of aromatic nitrogens is 2. The van der Waals surface area contributed by atoms with E-state index >= 15 is 0 Å². The molecule has 2 aromatic rings. The van der Waals surface area contributed by atoms with Crippen LogP contribution in [0.1, 0.15) is 25.1 Å². The minimum absolute atomic E-state index is 0.00489. The summed E-state index contributed by atoms with van der Waals surface area (Å²) in [5.74, 6) is 0.276. The zero-order valence-electron chi connectivity index (χ0n) is 13.7. The topological polar surface area (TPSA) is 86.9 Å². The molecule has 128 valence electrons. The smallest absolute Gasteiger partial charge is 0.315 e. The van der Waals surface area contributed by atoms with Gasteiger partial charge >= 0.3 is 6.03 Å². The summed E-state index contributed by atoms with van der Waals surface area (Å²) in [5.41, 5.74) is 1.43. The molecular weight excluding hydrogens is 328 g/mol. The number of halogens is 1. The predicted molar refractivity (Wildman–Crippen MR) is 94.0 cm³/mol. The van der Waals surface area contributed by atoms with Gasteiger partial charge in [-0.2, -0.15) is 5.10 Å². The average molecular weight is 349 g/mol. The summed E-state index contributed by atoms with van der Waals surface area (Å²) < 4.78 is 0. The summed E-state index contributed by atoms with van der Waals surface area (Å²) in [4.78, 5) is 23.0. The second-order valence-electron chi connectivity index (χ2n) is 5.92. The van der Waals surface area contributed by atoms with Crippen molar-refractivity contribution in [3.05, 3.63) is 63.0 Å². The number of nitrogens with one attached hydrogen (secondary N) is 3. The number of carbonyl (C=O) groups is 1. The zero-order valence-corrected chi connectivity index (χ0v) is 14.4. The van der Waals surface area contributed by atoms with Crippen molar-refractivity contribution < 1.29 is 4.79 Å². The number of carbonyl (C=O) groups excluding carboxylic acids is 1. The van der Waals surface area contributed by atoms with E-state index in [2.05, 4.69) is 34.7 Å². The molecule has 0 radical (unpaired) electrons. The molecule has 3 N–H and O–H groups in total. The largest absolute Gasteiger partial charge is 0.335 e. The SMILES string of the molecule is CC(C)C(Cc1ccc(Cl)cc1)NC(=O)NCc1ccc(=O)[nH]n1. The quantitative estimate of drug-likeness (QED) is 0.749. The second-order valence-corrected chi connectivity index (χ2v) is 6.36. The van der Waals surface area contributed by atoms with Gasteiger partial charge in [-0.15, -0.1) is 0 Å². The number of amides is 2. The molecule has 0 saturated heterocycles. The maximum atomic E-state index is 12.1. The lowest BCUT2D eigenvalue weighted by Gasteiger charge is -2.22. The molecule has 0 spiro atoms. The molecule has 0 aliphatic carbocycles. The van der Waals surface area contributed by atoms with E-state index in [-0.39, 0.29) is 30.1 Å². The zero-order chi connectivity index (χ0) is 17.5. The van der Waals surface area contributed by atoms with E-state index in [1.54, 1.807) is 6.07 Å². The van der Waals surface area contributed by atoms with Crippen LogP contribution in [0.25, 0.3) is 0 Å². The monoisotopic (exact) mass is 348 g/mol. The first-order valence-electron chi connectivity index (χ1n) is 7.77. The summed E-state index contributed by atoms with van der Waals surface area (Å²) in [6, 6.07) is 10.3. The van der Waals surface area contributed by atoms with Crippen LogP contribution in [-0.2, 0) is 13.0 Å². The Kier molecular flexibility index (Phi) is 6.37. The molecule has 0 aliphatic rings. The minimum atomic E-state index is -0.272. The molecule has 0 fully saturated rings.